The maximum atomic E-state index is 13.8. The lowest BCUT2D eigenvalue weighted by molar-refractivity contribution is 0.0975. The molecule has 2 amide bonds. The van der Waals surface area contributed by atoms with E-state index in [9.17, 15) is 14.0 Å². The van der Waals surface area contributed by atoms with Crippen LogP contribution in [0.1, 0.15) is 42.5 Å². The molecule has 6 nitrogen and oxygen atoms in total. The van der Waals surface area contributed by atoms with Gasteiger partial charge in [0.25, 0.3) is 5.91 Å². The predicted octanol–water partition coefficient (Wildman–Crippen LogP) is 5.90. The second-order valence-electron chi connectivity index (χ2n) is 7.70. The van der Waals surface area contributed by atoms with Crippen molar-refractivity contribution in [2.45, 2.75) is 38.1 Å². The van der Waals surface area contributed by atoms with Crippen LogP contribution in [-0.4, -0.2) is 31.0 Å². The fourth-order valence-electron chi connectivity index (χ4n) is 3.70. The fourth-order valence-corrected chi connectivity index (χ4v) is 4.04. The van der Waals surface area contributed by atoms with Gasteiger partial charge in [-0.15, -0.1) is 0 Å². The van der Waals surface area contributed by atoms with E-state index in [4.69, 9.17) is 23.2 Å². The monoisotopic (exact) mass is 479 g/mol. The second-order valence-corrected chi connectivity index (χ2v) is 8.58. The molecule has 0 saturated heterocycles. The molecular weight excluding hydrogens is 456 g/mol. The Labute approximate surface area is 196 Å². The van der Waals surface area contributed by atoms with Crippen molar-refractivity contribution in [1.29, 1.82) is 0 Å². The molecule has 2 aromatic carbocycles. The number of methoxy groups -OCH3 is 1. The third kappa shape index (κ3) is 7.21. The van der Waals surface area contributed by atoms with E-state index in [2.05, 4.69) is 20.4 Å². The van der Waals surface area contributed by atoms with Crippen molar-refractivity contribution in [3.8, 4) is 0 Å². The standard InChI is InChI=1S/C23H24Cl2FN3O3/c1-32-23(31)28-19-8-2-14(3-9-19)10-21(27-20-12-17(25)11-18(26)13-20)29-22(30)15-4-6-16(24)7-5-15/h4-7,11-14,19H,2-3,8-10H2,1H3,(H,28,31)(H,27,29,30). The molecule has 3 rings (SSSR count). The smallest absolute Gasteiger partial charge is 0.407 e. The van der Waals surface area contributed by atoms with Crippen molar-refractivity contribution in [2.24, 2.45) is 10.9 Å². The highest BCUT2D eigenvalue weighted by molar-refractivity contribution is 6.31. The van der Waals surface area contributed by atoms with Crippen LogP contribution >= 0.6 is 23.2 Å². The van der Waals surface area contributed by atoms with Crippen molar-refractivity contribution in [1.82, 2.24) is 10.6 Å². The molecule has 0 aromatic heterocycles. The van der Waals surface area contributed by atoms with Crippen LogP contribution in [0.15, 0.2) is 47.5 Å². The van der Waals surface area contributed by atoms with E-state index < -0.39 is 11.9 Å². The first-order valence-corrected chi connectivity index (χ1v) is 11.0. The zero-order valence-electron chi connectivity index (χ0n) is 17.5. The van der Waals surface area contributed by atoms with Crippen LogP contribution in [0.5, 0.6) is 0 Å². The van der Waals surface area contributed by atoms with Gasteiger partial charge in [-0.05, 0) is 74.1 Å². The number of aliphatic imine (C=N–C) groups is 1. The topological polar surface area (TPSA) is 79.8 Å². The van der Waals surface area contributed by atoms with Crippen LogP contribution in [0.2, 0.25) is 10.0 Å². The summed E-state index contributed by atoms with van der Waals surface area (Å²) >= 11 is 11.9. The van der Waals surface area contributed by atoms with E-state index in [0.29, 0.717) is 28.5 Å². The lowest BCUT2D eigenvalue weighted by Gasteiger charge is -2.29. The van der Waals surface area contributed by atoms with E-state index in [1.54, 1.807) is 24.3 Å². The number of alkyl carbamates (subject to hydrolysis) is 1. The number of nitrogens with one attached hydrogen (secondary N) is 2. The van der Waals surface area contributed by atoms with Crippen LogP contribution in [-0.2, 0) is 4.74 Å². The third-order valence-corrected chi connectivity index (χ3v) is 5.78. The first-order chi connectivity index (χ1) is 15.3. The Balaban J connectivity index is 1.73. The quantitative estimate of drug-likeness (QED) is 0.413. The van der Waals surface area contributed by atoms with Gasteiger partial charge in [-0.3, -0.25) is 4.79 Å². The highest BCUT2D eigenvalue weighted by Crippen LogP contribution is 2.28. The van der Waals surface area contributed by atoms with E-state index in [1.165, 1.54) is 25.3 Å². The van der Waals surface area contributed by atoms with Gasteiger partial charge in [-0.2, -0.15) is 0 Å². The molecular formula is C23H24Cl2FN3O3. The van der Waals surface area contributed by atoms with E-state index in [0.717, 1.165) is 25.7 Å². The van der Waals surface area contributed by atoms with Crippen molar-refractivity contribution in [3.63, 3.8) is 0 Å². The van der Waals surface area contributed by atoms with Crippen LogP contribution in [0.4, 0.5) is 14.9 Å². The summed E-state index contributed by atoms with van der Waals surface area (Å²) in [6, 6.07) is 10.6. The van der Waals surface area contributed by atoms with Gasteiger partial charge in [0.2, 0.25) is 0 Å². The van der Waals surface area contributed by atoms with Gasteiger partial charge in [0, 0.05) is 28.1 Å². The largest absolute Gasteiger partial charge is 0.453 e. The summed E-state index contributed by atoms with van der Waals surface area (Å²) in [6.45, 7) is 0. The number of amidine groups is 1. The zero-order valence-corrected chi connectivity index (χ0v) is 19.0. The molecule has 2 aromatic rings. The summed E-state index contributed by atoms with van der Waals surface area (Å²) in [5.74, 6) is -0.159. The molecule has 0 bridgehead atoms. The Kier molecular flexibility index (Phi) is 8.47. The Morgan fingerprint density at radius 2 is 1.75 bits per heavy atom. The molecule has 1 saturated carbocycles. The highest BCUT2D eigenvalue weighted by atomic mass is 35.5. The minimum absolute atomic E-state index is 0.0600. The SMILES string of the molecule is COC(=O)NC1CCC(CC(=Nc2cc(F)cc(Cl)c2)NC(=O)c2ccc(Cl)cc2)CC1. The summed E-state index contributed by atoms with van der Waals surface area (Å²) < 4.78 is 18.4. The highest BCUT2D eigenvalue weighted by Gasteiger charge is 2.24. The molecule has 170 valence electrons. The van der Waals surface area contributed by atoms with E-state index in [1.807, 2.05) is 0 Å². The van der Waals surface area contributed by atoms with E-state index >= 15 is 0 Å². The summed E-state index contributed by atoms with van der Waals surface area (Å²) in [5.41, 5.74) is 0.757. The van der Waals surface area contributed by atoms with Crippen LogP contribution in [0.25, 0.3) is 0 Å². The lowest BCUT2D eigenvalue weighted by Crippen LogP contribution is -2.38. The van der Waals surface area contributed by atoms with Gasteiger partial charge in [0.1, 0.15) is 11.7 Å². The molecule has 0 unspecified atom stereocenters. The number of ether oxygens (including phenoxy) is 1. The first-order valence-electron chi connectivity index (χ1n) is 10.3. The Hall–Kier alpha value is -2.64. The Morgan fingerprint density at radius 3 is 2.38 bits per heavy atom. The average molecular weight is 480 g/mol. The minimum Gasteiger partial charge on any atom is -0.453 e. The number of halogens is 3. The van der Waals surface area contributed by atoms with Gasteiger partial charge in [-0.1, -0.05) is 23.2 Å². The predicted molar refractivity (Wildman–Crippen MR) is 123 cm³/mol. The molecule has 0 atom stereocenters. The first kappa shape index (κ1) is 24.0. The molecule has 0 radical (unpaired) electrons. The zero-order chi connectivity index (χ0) is 23.1. The number of amides is 2. The van der Waals surface area contributed by atoms with Crippen molar-refractivity contribution < 1.29 is 18.7 Å². The van der Waals surface area contributed by atoms with Crippen molar-refractivity contribution >= 4 is 46.7 Å². The summed E-state index contributed by atoms with van der Waals surface area (Å²) in [6.07, 6.45) is 3.34. The summed E-state index contributed by atoms with van der Waals surface area (Å²) in [7, 11) is 1.34. The molecule has 1 fully saturated rings. The Bertz CT molecular complexity index is 970. The van der Waals surface area contributed by atoms with Gasteiger partial charge in [0.05, 0.1) is 12.8 Å². The van der Waals surface area contributed by atoms with Gasteiger partial charge < -0.3 is 15.4 Å². The van der Waals surface area contributed by atoms with Crippen LogP contribution < -0.4 is 10.6 Å². The van der Waals surface area contributed by atoms with Gasteiger partial charge in [-0.25, -0.2) is 14.2 Å². The number of benzene rings is 2. The van der Waals surface area contributed by atoms with Crippen molar-refractivity contribution in [3.05, 3.63) is 63.9 Å². The number of carbonyl (C=O) groups is 2. The van der Waals surface area contributed by atoms with Crippen molar-refractivity contribution in [2.75, 3.05) is 7.11 Å². The van der Waals surface area contributed by atoms with Crippen LogP contribution in [0, 0.1) is 11.7 Å². The molecule has 0 heterocycles. The normalized spacial score (nSPS) is 18.7. The van der Waals surface area contributed by atoms with Gasteiger partial charge >= 0.3 is 6.09 Å². The minimum atomic E-state index is -0.506. The molecule has 1 aliphatic carbocycles. The van der Waals surface area contributed by atoms with Gasteiger partial charge in [0.15, 0.2) is 0 Å². The number of rotatable bonds is 5. The number of nitrogens with zero attached hydrogens (tertiary/aromatic N) is 1. The average Bonchev–Trinajstić information content (AvgIpc) is 2.74. The number of hydrogen-bond acceptors (Lipinski definition) is 4. The molecule has 0 spiro atoms. The molecule has 2 N–H and O–H groups in total. The Morgan fingerprint density at radius 1 is 1.06 bits per heavy atom. The molecule has 1 aliphatic rings. The lowest BCUT2D eigenvalue weighted by atomic mass is 9.84. The maximum absolute atomic E-state index is 13.8. The molecule has 0 aliphatic heterocycles. The number of hydrogen-bond donors (Lipinski definition) is 2. The third-order valence-electron chi connectivity index (χ3n) is 5.31. The maximum Gasteiger partial charge on any atom is 0.407 e. The fraction of sp³-hybridized carbons (Fsp3) is 0.348. The molecule has 32 heavy (non-hydrogen) atoms. The second kappa shape index (κ2) is 11.3. The molecule has 9 heteroatoms. The summed E-state index contributed by atoms with van der Waals surface area (Å²) in [4.78, 5) is 28.6. The summed E-state index contributed by atoms with van der Waals surface area (Å²) in [5, 5.41) is 6.43. The van der Waals surface area contributed by atoms with E-state index in [-0.39, 0.29) is 22.9 Å². The van der Waals surface area contributed by atoms with Crippen LogP contribution in [0.3, 0.4) is 0 Å². The number of carbonyl (C=O) groups excluding carboxylic acids is 2.